The molecule has 0 spiro atoms. The van der Waals surface area contributed by atoms with Gasteiger partial charge < -0.3 is 11.1 Å². The smallest absolute Gasteiger partial charge is 0.263 e. The van der Waals surface area contributed by atoms with Crippen molar-refractivity contribution in [2.75, 3.05) is 12.0 Å². The predicted molar refractivity (Wildman–Crippen MR) is 134 cm³/mol. The molecule has 32 heavy (non-hydrogen) atoms. The largest absolute Gasteiger partial charge is 0.397 e. The average Bonchev–Trinajstić information content (AvgIpc) is 3.18. The third kappa shape index (κ3) is 3.70. The van der Waals surface area contributed by atoms with E-state index in [4.69, 9.17) is 10.7 Å². The van der Waals surface area contributed by atoms with Crippen molar-refractivity contribution in [1.29, 1.82) is 0 Å². The number of hydrogen-bond donors (Lipinski definition) is 2. The van der Waals surface area contributed by atoms with Crippen LogP contribution in [0.2, 0.25) is 0 Å². The van der Waals surface area contributed by atoms with Crippen molar-refractivity contribution in [3.05, 3.63) is 83.2 Å². The summed E-state index contributed by atoms with van der Waals surface area (Å²) in [6.07, 6.45) is 1.94. The number of amides is 1. The number of nitrogens with one attached hydrogen (secondary N) is 1. The molecule has 0 atom stereocenters. The first-order valence-electron chi connectivity index (χ1n) is 10.1. The number of nitrogen functional groups attached to an aromatic ring is 1. The van der Waals surface area contributed by atoms with Crippen LogP contribution in [0, 0.1) is 0 Å². The third-order valence-electron chi connectivity index (χ3n) is 5.32. The molecule has 0 aliphatic rings. The molecule has 0 radical (unpaired) electrons. The van der Waals surface area contributed by atoms with Crippen LogP contribution in [0.4, 0.5) is 5.69 Å². The fraction of sp³-hybridized carbons (Fsp3) is 0.0800. The monoisotopic (exact) mass is 456 g/mol. The van der Waals surface area contributed by atoms with Crippen LogP contribution in [0.15, 0.2) is 78.0 Å². The molecule has 0 saturated carbocycles. The lowest BCUT2D eigenvalue weighted by molar-refractivity contribution is 0.0956. The Morgan fingerprint density at radius 2 is 1.75 bits per heavy atom. The van der Waals surface area contributed by atoms with Crippen molar-refractivity contribution < 1.29 is 4.79 Å². The maximum Gasteiger partial charge on any atom is 0.263 e. The number of rotatable bonds is 5. The quantitative estimate of drug-likeness (QED) is 0.260. The van der Waals surface area contributed by atoms with E-state index in [1.165, 1.54) is 23.1 Å². The fourth-order valence-corrected chi connectivity index (χ4v) is 5.20. The SMILES string of the molecule is CSc1nc(-c2ccccc2)c2c(N)c(C(=O)NCc3cccc4ccccc34)sc2n1. The number of anilines is 1. The second-order valence-corrected chi connectivity index (χ2v) is 9.04. The number of nitrogens with two attached hydrogens (primary N) is 1. The molecule has 7 heteroatoms. The lowest BCUT2D eigenvalue weighted by Gasteiger charge is -2.08. The van der Waals surface area contributed by atoms with E-state index in [0.29, 0.717) is 22.3 Å². The number of benzene rings is 3. The number of aromatic nitrogens is 2. The van der Waals surface area contributed by atoms with E-state index in [0.717, 1.165) is 37.8 Å². The normalized spacial score (nSPS) is 11.2. The van der Waals surface area contributed by atoms with Crippen LogP contribution < -0.4 is 11.1 Å². The number of thiophene rings is 1. The maximum atomic E-state index is 13.1. The maximum absolute atomic E-state index is 13.1. The molecule has 2 aromatic heterocycles. The lowest BCUT2D eigenvalue weighted by atomic mass is 10.0. The van der Waals surface area contributed by atoms with E-state index in [9.17, 15) is 4.79 Å². The minimum Gasteiger partial charge on any atom is -0.397 e. The summed E-state index contributed by atoms with van der Waals surface area (Å²) in [5.41, 5.74) is 9.67. The molecule has 0 unspecified atom stereocenters. The summed E-state index contributed by atoms with van der Waals surface area (Å²) in [5.74, 6) is -0.205. The Labute approximate surface area is 193 Å². The van der Waals surface area contributed by atoms with E-state index < -0.39 is 0 Å². The number of carbonyl (C=O) groups is 1. The molecule has 3 N–H and O–H groups in total. The number of fused-ring (bicyclic) bond motifs is 2. The zero-order valence-corrected chi connectivity index (χ0v) is 19.0. The van der Waals surface area contributed by atoms with E-state index in [-0.39, 0.29) is 5.91 Å². The van der Waals surface area contributed by atoms with Gasteiger partial charge in [-0.05, 0) is 22.6 Å². The van der Waals surface area contributed by atoms with Crippen molar-refractivity contribution in [3.63, 3.8) is 0 Å². The Hall–Kier alpha value is -3.42. The van der Waals surface area contributed by atoms with Crippen LogP contribution in [0.3, 0.4) is 0 Å². The van der Waals surface area contributed by atoms with Crippen molar-refractivity contribution in [1.82, 2.24) is 15.3 Å². The van der Waals surface area contributed by atoms with Gasteiger partial charge in [0.15, 0.2) is 5.16 Å². The van der Waals surface area contributed by atoms with E-state index >= 15 is 0 Å². The van der Waals surface area contributed by atoms with Gasteiger partial charge >= 0.3 is 0 Å². The van der Waals surface area contributed by atoms with Crippen LogP contribution in [0.25, 0.3) is 32.2 Å². The summed E-state index contributed by atoms with van der Waals surface area (Å²) in [5, 5.41) is 6.69. The summed E-state index contributed by atoms with van der Waals surface area (Å²) in [6.45, 7) is 0.418. The van der Waals surface area contributed by atoms with Gasteiger partial charge in [-0.1, -0.05) is 84.6 Å². The van der Waals surface area contributed by atoms with Gasteiger partial charge in [-0.15, -0.1) is 11.3 Å². The molecule has 5 nitrogen and oxygen atoms in total. The van der Waals surface area contributed by atoms with Crippen molar-refractivity contribution >= 4 is 55.7 Å². The summed E-state index contributed by atoms with van der Waals surface area (Å²) in [6, 6.07) is 24.1. The van der Waals surface area contributed by atoms with Crippen molar-refractivity contribution in [2.45, 2.75) is 11.7 Å². The standard InChI is InChI=1S/C25H20N4OS2/c1-31-25-28-21(16-9-3-2-4-10-16)19-20(26)22(32-24(19)29-25)23(30)27-14-17-12-7-11-15-8-5-6-13-18(15)17/h2-13H,14,26H2,1H3,(H,27,30). The number of nitrogens with zero attached hydrogens (tertiary/aromatic N) is 2. The molecule has 5 rings (SSSR count). The fourth-order valence-electron chi connectivity index (χ4n) is 3.77. The molecule has 0 aliphatic heterocycles. The van der Waals surface area contributed by atoms with Gasteiger partial charge in [-0.25, -0.2) is 9.97 Å². The van der Waals surface area contributed by atoms with Gasteiger partial charge in [0.1, 0.15) is 9.71 Å². The molecule has 0 aliphatic carbocycles. The van der Waals surface area contributed by atoms with Crippen LogP contribution in [-0.2, 0) is 6.54 Å². The van der Waals surface area contributed by atoms with Gasteiger partial charge in [0.2, 0.25) is 0 Å². The first kappa shape index (κ1) is 20.5. The number of hydrogen-bond acceptors (Lipinski definition) is 6. The van der Waals surface area contributed by atoms with Crippen LogP contribution in [0.5, 0.6) is 0 Å². The minimum absolute atomic E-state index is 0.205. The first-order chi connectivity index (χ1) is 15.7. The molecule has 1 amide bonds. The Kier molecular flexibility index (Phi) is 5.51. The lowest BCUT2D eigenvalue weighted by Crippen LogP contribution is -2.22. The Morgan fingerprint density at radius 1 is 1.00 bits per heavy atom. The van der Waals surface area contributed by atoms with Gasteiger partial charge in [0.25, 0.3) is 5.91 Å². The van der Waals surface area contributed by atoms with E-state index in [2.05, 4.69) is 28.5 Å². The highest BCUT2D eigenvalue weighted by Crippen LogP contribution is 2.39. The zero-order chi connectivity index (χ0) is 22.1. The predicted octanol–water partition coefficient (Wildman–Crippen LogP) is 5.75. The molecule has 0 fully saturated rings. The molecule has 2 heterocycles. The summed E-state index contributed by atoms with van der Waals surface area (Å²) in [7, 11) is 0. The number of carbonyl (C=O) groups excluding carboxylic acids is 1. The molecule has 158 valence electrons. The molecule has 5 aromatic rings. The van der Waals surface area contributed by atoms with Crippen molar-refractivity contribution in [3.8, 4) is 11.3 Å². The van der Waals surface area contributed by atoms with Crippen LogP contribution in [0.1, 0.15) is 15.2 Å². The minimum atomic E-state index is -0.205. The highest BCUT2D eigenvalue weighted by molar-refractivity contribution is 7.98. The highest BCUT2D eigenvalue weighted by atomic mass is 32.2. The third-order valence-corrected chi connectivity index (χ3v) is 6.97. The molecule has 3 aromatic carbocycles. The molecule has 0 saturated heterocycles. The van der Waals surface area contributed by atoms with Crippen LogP contribution in [-0.4, -0.2) is 22.1 Å². The van der Waals surface area contributed by atoms with Gasteiger partial charge in [0.05, 0.1) is 16.8 Å². The summed E-state index contributed by atoms with van der Waals surface area (Å²) >= 11 is 2.78. The van der Waals surface area contributed by atoms with E-state index in [1.807, 2.05) is 60.9 Å². The molecular formula is C25H20N4OS2. The molecular weight excluding hydrogens is 436 g/mol. The second-order valence-electron chi connectivity index (χ2n) is 7.27. The highest BCUT2D eigenvalue weighted by Gasteiger charge is 2.22. The average molecular weight is 457 g/mol. The first-order valence-corrected chi connectivity index (χ1v) is 12.1. The van der Waals surface area contributed by atoms with Gasteiger partial charge in [-0.2, -0.15) is 0 Å². The Bertz CT molecular complexity index is 1440. The van der Waals surface area contributed by atoms with Crippen molar-refractivity contribution in [2.24, 2.45) is 0 Å². The van der Waals surface area contributed by atoms with Gasteiger partial charge in [-0.3, -0.25) is 4.79 Å². The summed E-state index contributed by atoms with van der Waals surface area (Å²) in [4.78, 5) is 23.6. The summed E-state index contributed by atoms with van der Waals surface area (Å²) < 4.78 is 0. The van der Waals surface area contributed by atoms with E-state index in [1.54, 1.807) is 0 Å². The molecule has 0 bridgehead atoms. The Morgan fingerprint density at radius 3 is 2.56 bits per heavy atom. The topological polar surface area (TPSA) is 80.9 Å². The second kappa shape index (κ2) is 8.61. The van der Waals surface area contributed by atoms with Crippen LogP contribution >= 0.6 is 23.1 Å². The zero-order valence-electron chi connectivity index (χ0n) is 17.3. The number of thioether (sulfide) groups is 1. The van der Waals surface area contributed by atoms with Gasteiger partial charge in [0, 0.05) is 12.1 Å². The Balaban J connectivity index is 1.51.